The Hall–Kier alpha value is -1.61. The van der Waals surface area contributed by atoms with Gasteiger partial charge in [0, 0.05) is 20.0 Å². The van der Waals surface area contributed by atoms with E-state index in [4.69, 9.17) is 0 Å². The van der Waals surface area contributed by atoms with Crippen LogP contribution in [0.5, 0.6) is 0 Å². The molecule has 0 spiro atoms. The van der Waals surface area contributed by atoms with E-state index < -0.39 is 32.6 Å². The van der Waals surface area contributed by atoms with Crippen LogP contribution < -0.4 is 0 Å². The molecule has 0 saturated carbocycles. The quantitative estimate of drug-likeness (QED) is 0.746. The predicted octanol–water partition coefficient (Wildman–Crippen LogP) is 2.28. The highest BCUT2D eigenvalue weighted by Gasteiger charge is 2.37. The molecular weight excluding hydrogens is 323 g/mol. The first kappa shape index (κ1) is 18.4. The summed E-state index contributed by atoms with van der Waals surface area (Å²) in [6.07, 6.45) is -4.63. The normalized spacial score (nSPS) is 12.5. The number of alkyl halides is 3. The van der Waals surface area contributed by atoms with Crippen molar-refractivity contribution in [3.8, 4) is 0 Å². The van der Waals surface area contributed by atoms with Gasteiger partial charge in [0.05, 0.1) is 17.6 Å². The van der Waals surface area contributed by atoms with Crippen molar-refractivity contribution in [2.45, 2.75) is 23.9 Å². The molecule has 22 heavy (non-hydrogen) atoms. The van der Waals surface area contributed by atoms with Crippen LogP contribution in [0, 0.1) is 0 Å². The molecule has 0 radical (unpaired) electrons. The number of methoxy groups -OCH3 is 1. The minimum Gasteiger partial charge on any atom is -0.469 e. The van der Waals surface area contributed by atoms with Gasteiger partial charge in [-0.15, -0.1) is 0 Å². The van der Waals surface area contributed by atoms with Crippen LogP contribution in [-0.2, 0) is 25.7 Å². The summed E-state index contributed by atoms with van der Waals surface area (Å²) in [5.41, 5.74) is -1.21. The molecule has 0 aliphatic rings. The van der Waals surface area contributed by atoms with Gasteiger partial charge in [0.15, 0.2) is 0 Å². The molecule has 0 N–H and O–H groups in total. The Balaban J connectivity index is 2.97. The van der Waals surface area contributed by atoms with Crippen LogP contribution in [0.3, 0.4) is 0 Å². The van der Waals surface area contributed by atoms with Crippen molar-refractivity contribution in [2.24, 2.45) is 0 Å². The Bertz CT molecular complexity index is 628. The zero-order valence-corrected chi connectivity index (χ0v) is 12.9. The van der Waals surface area contributed by atoms with Crippen LogP contribution in [0.1, 0.15) is 18.4 Å². The molecule has 0 unspecified atom stereocenters. The van der Waals surface area contributed by atoms with E-state index in [1.54, 1.807) is 0 Å². The first-order valence-corrected chi connectivity index (χ1v) is 7.74. The third-order valence-corrected chi connectivity index (χ3v) is 4.88. The topological polar surface area (TPSA) is 63.7 Å². The zero-order chi connectivity index (χ0) is 17.0. The highest BCUT2D eigenvalue weighted by Crippen LogP contribution is 2.34. The summed E-state index contributed by atoms with van der Waals surface area (Å²) in [5.74, 6) is -0.513. The molecule has 0 amide bonds. The second-order valence-corrected chi connectivity index (χ2v) is 6.51. The molecule has 1 rings (SSSR count). The van der Waals surface area contributed by atoms with Gasteiger partial charge in [-0.2, -0.15) is 13.2 Å². The summed E-state index contributed by atoms with van der Waals surface area (Å²) in [4.78, 5) is 10.2. The van der Waals surface area contributed by atoms with Crippen LogP contribution in [0.15, 0.2) is 29.2 Å². The number of carbonyl (C=O) groups is 1. The summed E-state index contributed by atoms with van der Waals surface area (Å²) < 4.78 is 68.4. The van der Waals surface area contributed by atoms with E-state index in [9.17, 15) is 26.4 Å². The van der Waals surface area contributed by atoms with E-state index in [0.717, 1.165) is 22.5 Å². The van der Waals surface area contributed by atoms with Crippen LogP contribution in [-0.4, -0.2) is 39.4 Å². The molecule has 0 saturated heterocycles. The molecule has 0 fully saturated rings. The number of hydrogen-bond donors (Lipinski definition) is 0. The Kier molecular flexibility index (Phi) is 5.95. The summed E-state index contributed by atoms with van der Waals surface area (Å²) in [6.45, 7) is -0.0936. The lowest BCUT2D eigenvalue weighted by Crippen LogP contribution is -2.30. The number of benzene rings is 1. The average Bonchev–Trinajstić information content (AvgIpc) is 2.45. The minimum absolute atomic E-state index is 0.0166. The third kappa shape index (κ3) is 4.44. The molecule has 1 aromatic rings. The van der Waals surface area contributed by atoms with E-state index in [0.29, 0.717) is 0 Å². The van der Waals surface area contributed by atoms with E-state index in [2.05, 4.69) is 4.74 Å². The third-order valence-electron chi connectivity index (χ3n) is 2.96. The number of nitrogens with zero attached hydrogens (tertiary/aromatic N) is 1. The van der Waals surface area contributed by atoms with E-state index in [-0.39, 0.29) is 19.4 Å². The maximum atomic E-state index is 12.9. The number of sulfonamides is 1. The van der Waals surface area contributed by atoms with E-state index >= 15 is 0 Å². The van der Waals surface area contributed by atoms with Gasteiger partial charge in [-0.1, -0.05) is 12.1 Å². The Morgan fingerprint density at radius 2 is 1.86 bits per heavy atom. The van der Waals surface area contributed by atoms with Crippen molar-refractivity contribution in [1.82, 2.24) is 4.31 Å². The van der Waals surface area contributed by atoms with Crippen molar-refractivity contribution in [1.29, 1.82) is 0 Å². The fourth-order valence-electron chi connectivity index (χ4n) is 1.76. The van der Waals surface area contributed by atoms with Crippen LogP contribution in [0.4, 0.5) is 13.2 Å². The highest BCUT2D eigenvalue weighted by atomic mass is 32.2. The standard InChI is InChI=1S/C13H16F3NO4S/c1-17(9-5-8-12(18)21-2)22(19,20)11-7-4-3-6-10(11)13(14,15)16/h3-4,6-7H,5,8-9H2,1-2H3. The Labute approximate surface area is 126 Å². The lowest BCUT2D eigenvalue weighted by Gasteiger charge is -2.20. The summed E-state index contributed by atoms with van der Waals surface area (Å²) >= 11 is 0. The Morgan fingerprint density at radius 3 is 2.41 bits per heavy atom. The van der Waals surface area contributed by atoms with Gasteiger partial charge < -0.3 is 4.74 Å². The summed E-state index contributed by atoms with van der Waals surface area (Å²) in [7, 11) is -1.93. The maximum Gasteiger partial charge on any atom is 0.417 e. The first-order valence-electron chi connectivity index (χ1n) is 6.30. The lowest BCUT2D eigenvalue weighted by molar-refractivity contribution is -0.141. The van der Waals surface area contributed by atoms with E-state index in [1.165, 1.54) is 20.2 Å². The van der Waals surface area contributed by atoms with Crippen LogP contribution >= 0.6 is 0 Å². The molecule has 0 bridgehead atoms. The monoisotopic (exact) mass is 339 g/mol. The van der Waals surface area contributed by atoms with Gasteiger partial charge >= 0.3 is 12.1 Å². The minimum atomic E-state index is -4.77. The largest absolute Gasteiger partial charge is 0.469 e. The van der Waals surface area contributed by atoms with Gasteiger partial charge in [-0.25, -0.2) is 12.7 Å². The lowest BCUT2D eigenvalue weighted by atomic mass is 10.2. The van der Waals surface area contributed by atoms with Crippen LogP contribution in [0.2, 0.25) is 0 Å². The summed E-state index contributed by atoms with van der Waals surface area (Å²) in [5, 5.41) is 0. The molecule has 0 atom stereocenters. The van der Waals surface area contributed by atoms with Crippen molar-refractivity contribution < 1.29 is 31.1 Å². The predicted molar refractivity (Wildman–Crippen MR) is 72.5 cm³/mol. The molecule has 0 heterocycles. The SMILES string of the molecule is COC(=O)CCCN(C)S(=O)(=O)c1ccccc1C(F)(F)F. The molecule has 0 aliphatic carbocycles. The van der Waals surface area contributed by atoms with Gasteiger partial charge in [0.25, 0.3) is 0 Å². The number of esters is 1. The second-order valence-electron chi connectivity index (χ2n) is 4.50. The molecule has 0 aliphatic heterocycles. The van der Waals surface area contributed by atoms with Crippen LogP contribution in [0.25, 0.3) is 0 Å². The number of hydrogen-bond acceptors (Lipinski definition) is 4. The highest BCUT2D eigenvalue weighted by molar-refractivity contribution is 7.89. The summed E-state index contributed by atoms with van der Waals surface area (Å²) in [6, 6.07) is 3.98. The van der Waals surface area contributed by atoms with Gasteiger partial charge in [-0.05, 0) is 18.6 Å². The molecular formula is C13H16F3NO4S. The van der Waals surface area contributed by atoms with Crippen molar-refractivity contribution in [3.63, 3.8) is 0 Å². The van der Waals surface area contributed by atoms with Gasteiger partial charge in [-0.3, -0.25) is 4.79 Å². The van der Waals surface area contributed by atoms with Crippen molar-refractivity contribution in [3.05, 3.63) is 29.8 Å². The number of ether oxygens (including phenoxy) is 1. The molecule has 9 heteroatoms. The first-order chi connectivity index (χ1) is 10.1. The van der Waals surface area contributed by atoms with Gasteiger partial charge in [0.2, 0.25) is 10.0 Å². The maximum absolute atomic E-state index is 12.9. The fraction of sp³-hybridized carbons (Fsp3) is 0.462. The van der Waals surface area contributed by atoms with Crippen molar-refractivity contribution in [2.75, 3.05) is 20.7 Å². The number of halogens is 3. The molecule has 5 nitrogen and oxygen atoms in total. The fourth-order valence-corrected chi connectivity index (χ4v) is 3.18. The zero-order valence-electron chi connectivity index (χ0n) is 12.1. The average molecular weight is 339 g/mol. The molecule has 124 valence electrons. The number of carbonyl (C=O) groups excluding carboxylic acids is 1. The smallest absolute Gasteiger partial charge is 0.417 e. The van der Waals surface area contributed by atoms with E-state index in [1.807, 2.05) is 0 Å². The second kappa shape index (κ2) is 7.10. The van der Waals surface area contributed by atoms with Gasteiger partial charge in [0.1, 0.15) is 0 Å². The molecule has 0 aromatic heterocycles. The van der Waals surface area contributed by atoms with Crippen molar-refractivity contribution >= 4 is 16.0 Å². The molecule has 1 aromatic carbocycles. The number of rotatable bonds is 6. The Morgan fingerprint density at radius 1 is 1.27 bits per heavy atom.